The number of rotatable bonds is 9. The molecule has 0 aromatic heterocycles. The van der Waals surface area contributed by atoms with Crippen LogP contribution in [0.5, 0.6) is 5.75 Å². The van der Waals surface area contributed by atoms with Crippen molar-refractivity contribution in [1.82, 2.24) is 0 Å². The third kappa shape index (κ3) is 6.46. The van der Waals surface area contributed by atoms with Gasteiger partial charge in [0.05, 0.1) is 6.61 Å². The van der Waals surface area contributed by atoms with Crippen LogP contribution in [-0.4, -0.2) is 19.8 Å². The van der Waals surface area contributed by atoms with Crippen molar-refractivity contribution in [2.45, 2.75) is 32.6 Å². The summed E-state index contributed by atoms with van der Waals surface area (Å²) in [4.78, 5) is 0. The minimum atomic E-state index is 0.779. The first kappa shape index (κ1) is 13.0. The standard InChI is InChI=1S/C14H22O2/c1-2-3-11-15-12-7-8-13-16-14-9-5-4-6-10-14/h4-6,9-10H,2-3,7-8,11-13H2,1H3. The molecule has 0 radical (unpaired) electrons. The lowest BCUT2D eigenvalue weighted by Gasteiger charge is -2.06. The van der Waals surface area contributed by atoms with Gasteiger partial charge in [0.15, 0.2) is 0 Å². The zero-order valence-corrected chi connectivity index (χ0v) is 10.2. The molecule has 90 valence electrons. The Hall–Kier alpha value is -1.02. The third-order valence-electron chi connectivity index (χ3n) is 2.34. The first-order valence-electron chi connectivity index (χ1n) is 6.19. The Balaban J connectivity index is 1.89. The molecular weight excluding hydrogens is 200 g/mol. The molecule has 1 aromatic rings. The van der Waals surface area contributed by atoms with Gasteiger partial charge >= 0.3 is 0 Å². The summed E-state index contributed by atoms with van der Waals surface area (Å²) in [6, 6.07) is 9.94. The average Bonchev–Trinajstić information content (AvgIpc) is 2.34. The van der Waals surface area contributed by atoms with E-state index >= 15 is 0 Å². The van der Waals surface area contributed by atoms with E-state index in [9.17, 15) is 0 Å². The monoisotopic (exact) mass is 222 g/mol. The van der Waals surface area contributed by atoms with Crippen molar-refractivity contribution >= 4 is 0 Å². The number of hydrogen-bond donors (Lipinski definition) is 0. The second kappa shape index (κ2) is 9.22. The number of ether oxygens (including phenoxy) is 2. The minimum absolute atomic E-state index is 0.779. The highest BCUT2D eigenvalue weighted by atomic mass is 16.5. The molecule has 0 atom stereocenters. The van der Waals surface area contributed by atoms with Gasteiger partial charge in [-0.25, -0.2) is 0 Å². The quantitative estimate of drug-likeness (QED) is 0.594. The van der Waals surface area contributed by atoms with Crippen LogP contribution in [0.4, 0.5) is 0 Å². The highest BCUT2D eigenvalue weighted by Gasteiger charge is 1.92. The van der Waals surface area contributed by atoms with Gasteiger partial charge in [0.25, 0.3) is 0 Å². The molecule has 0 amide bonds. The molecule has 0 N–H and O–H groups in total. The molecule has 0 aliphatic rings. The van der Waals surface area contributed by atoms with Gasteiger partial charge < -0.3 is 9.47 Å². The van der Waals surface area contributed by atoms with Crippen LogP contribution in [0.2, 0.25) is 0 Å². The zero-order chi connectivity index (χ0) is 11.5. The van der Waals surface area contributed by atoms with Crippen molar-refractivity contribution < 1.29 is 9.47 Å². The number of benzene rings is 1. The largest absolute Gasteiger partial charge is 0.494 e. The molecule has 0 bridgehead atoms. The van der Waals surface area contributed by atoms with E-state index < -0.39 is 0 Å². The van der Waals surface area contributed by atoms with E-state index in [4.69, 9.17) is 9.47 Å². The summed E-state index contributed by atoms with van der Waals surface area (Å²) in [5.74, 6) is 0.953. The molecule has 0 saturated carbocycles. The Morgan fingerprint density at radius 3 is 2.31 bits per heavy atom. The highest BCUT2D eigenvalue weighted by Crippen LogP contribution is 2.08. The van der Waals surface area contributed by atoms with Crippen molar-refractivity contribution in [2.24, 2.45) is 0 Å². The van der Waals surface area contributed by atoms with Gasteiger partial charge in [0.1, 0.15) is 5.75 Å². The summed E-state index contributed by atoms with van der Waals surface area (Å²) < 4.78 is 11.0. The van der Waals surface area contributed by atoms with Gasteiger partial charge in [-0.2, -0.15) is 0 Å². The van der Waals surface area contributed by atoms with Crippen molar-refractivity contribution in [2.75, 3.05) is 19.8 Å². The lowest BCUT2D eigenvalue weighted by atomic mass is 10.3. The van der Waals surface area contributed by atoms with Crippen LogP contribution in [-0.2, 0) is 4.74 Å². The lowest BCUT2D eigenvalue weighted by Crippen LogP contribution is -2.01. The second-order valence-corrected chi connectivity index (χ2v) is 3.83. The first-order chi connectivity index (χ1) is 7.93. The van der Waals surface area contributed by atoms with Gasteiger partial charge in [0.2, 0.25) is 0 Å². The number of para-hydroxylation sites is 1. The Kier molecular flexibility index (Phi) is 7.52. The highest BCUT2D eigenvalue weighted by molar-refractivity contribution is 5.20. The third-order valence-corrected chi connectivity index (χ3v) is 2.34. The van der Waals surface area contributed by atoms with Crippen molar-refractivity contribution in [3.63, 3.8) is 0 Å². The molecular formula is C14H22O2. The molecule has 2 heteroatoms. The minimum Gasteiger partial charge on any atom is -0.494 e. The normalized spacial score (nSPS) is 10.3. The summed E-state index contributed by atoms with van der Waals surface area (Å²) in [5.41, 5.74) is 0. The summed E-state index contributed by atoms with van der Waals surface area (Å²) >= 11 is 0. The summed E-state index contributed by atoms with van der Waals surface area (Å²) in [6.45, 7) is 4.71. The van der Waals surface area contributed by atoms with E-state index in [-0.39, 0.29) is 0 Å². The Labute approximate surface area is 98.6 Å². The lowest BCUT2D eigenvalue weighted by molar-refractivity contribution is 0.123. The van der Waals surface area contributed by atoms with Crippen LogP contribution in [0.3, 0.4) is 0 Å². The SMILES string of the molecule is CCCCOCCCCOc1ccccc1. The van der Waals surface area contributed by atoms with Gasteiger partial charge in [-0.05, 0) is 31.4 Å². The van der Waals surface area contributed by atoms with Crippen LogP contribution in [0, 0.1) is 0 Å². The summed E-state index contributed by atoms with van der Waals surface area (Å²) in [6.07, 6.45) is 4.51. The molecule has 0 aliphatic carbocycles. The summed E-state index contributed by atoms with van der Waals surface area (Å²) in [5, 5.41) is 0. The van der Waals surface area contributed by atoms with E-state index in [0.717, 1.165) is 38.4 Å². The van der Waals surface area contributed by atoms with Gasteiger partial charge in [0, 0.05) is 13.2 Å². The van der Waals surface area contributed by atoms with Crippen LogP contribution in [0.1, 0.15) is 32.6 Å². The maximum atomic E-state index is 5.58. The second-order valence-electron chi connectivity index (χ2n) is 3.83. The maximum Gasteiger partial charge on any atom is 0.119 e. The fourth-order valence-corrected chi connectivity index (χ4v) is 1.36. The van der Waals surface area contributed by atoms with Crippen LogP contribution >= 0.6 is 0 Å². The zero-order valence-electron chi connectivity index (χ0n) is 10.2. The predicted octanol–water partition coefficient (Wildman–Crippen LogP) is 3.66. The van der Waals surface area contributed by atoms with E-state index in [1.807, 2.05) is 30.3 Å². The fraction of sp³-hybridized carbons (Fsp3) is 0.571. The molecule has 0 heterocycles. The molecule has 1 aromatic carbocycles. The Morgan fingerprint density at radius 2 is 1.56 bits per heavy atom. The van der Waals surface area contributed by atoms with Gasteiger partial charge in [-0.15, -0.1) is 0 Å². The van der Waals surface area contributed by atoms with Crippen LogP contribution in [0.25, 0.3) is 0 Å². The first-order valence-corrected chi connectivity index (χ1v) is 6.19. The van der Waals surface area contributed by atoms with Gasteiger partial charge in [-0.1, -0.05) is 31.5 Å². The number of hydrogen-bond acceptors (Lipinski definition) is 2. The van der Waals surface area contributed by atoms with E-state index in [2.05, 4.69) is 6.92 Å². The molecule has 0 unspecified atom stereocenters. The Morgan fingerprint density at radius 1 is 0.875 bits per heavy atom. The number of unbranched alkanes of at least 4 members (excludes halogenated alkanes) is 2. The fourth-order valence-electron chi connectivity index (χ4n) is 1.36. The topological polar surface area (TPSA) is 18.5 Å². The van der Waals surface area contributed by atoms with E-state index in [1.165, 1.54) is 12.8 Å². The average molecular weight is 222 g/mol. The van der Waals surface area contributed by atoms with Crippen molar-refractivity contribution in [1.29, 1.82) is 0 Å². The molecule has 0 spiro atoms. The molecule has 2 nitrogen and oxygen atoms in total. The van der Waals surface area contributed by atoms with Crippen LogP contribution < -0.4 is 4.74 Å². The maximum absolute atomic E-state index is 5.58. The molecule has 0 aliphatic heterocycles. The molecule has 1 rings (SSSR count). The van der Waals surface area contributed by atoms with Crippen molar-refractivity contribution in [3.05, 3.63) is 30.3 Å². The predicted molar refractivity (Wildman–Crippen MR) is 66.9 cm³/mol. The summed E-state index contributed by atoms with van der Waals surface area (Å²) in [7, 11) is 0. The molecule has 16 heavy (non-hydrogen) atoms. The molecule has 0 saturated heterocycles. The van der Waals surface area contributed by atoms with E-state index in [0.29, 0.717) is 0 Å². The smallest absolute Gasteiger partial charge is 0.119 e. The van der Waals surface area contributed by atoms with Crippen molar-refractivity contribution in [3.8, 4) is 5.75 Å². The van der Waals surface area contributed by atoms with E-state index in [1.54, 1.807) is 0 Å². The van der Waals surface area contributed by atoms with Gasteiger partial charge in [-0.3, -0.25) is 0 Å². The van der Waals surface area contributed by atoms with Crippen LogP contribution in [0.15, 0.2) is 30.3 Å². The Bertz CT molecular complexity index is 246. The molecule has 0 fully saturated rings.